The first-order chi connectivity index (χ1) is 10.1. The smallest absolute Gasteiger partial charge is 0.124 e. The minimum Gasteiger partial charge on any atom is -0.489 e. The summed E-state index contributed by atoms with van der Waals surface area (Å²) in [5, 5.41) is 8.82. The van der Waals surface area contributed by atoms with Crippen molar-refractivity contribution >= 4 is 0 Å². The topological polar surface area (TPSA) is 59.0 Å². The van der Waals surface area contributed by atoms with Crippen molar-refractivity contribution in [3.8, 4) is 11.8 Å². The Morgan fingerprint density at radius 2 is 2.05 bits per heavy atom. The van der Waals surface area contributed by atoms with Gasteiger partial charge in [-0.25, -0.2) is 4.39 Å². The molecule has 2 N–H and O–H groups in total. The van der Waals surface area contributed by atoms with E-state index in [9.17, 15) is 4.39 Å². The van der Waals surface area contributed by atoms with E-state index in [1.54, 1.807) is 6.07 Å². The fourth-order valence-electron chi connectivity index (χ4n) is 2.10. The third-order valence-corrected chi connectivity index (χ3v) is 2.95. The van der Waals surface area contributed by atoms with Crippen molar-refractivity contribution in [1.29, 1.82) is 5.26 Å². The van der Waals surface area contributed by atoms with Crippen molar-refractivity contribution in [3.05, 3.63) is 65.0 Å². The number of benzene rings is 2. The van der Waals surface area contributed by atoms with Crippen LogP contribution < -0.4 is 10.5 Å². The van der Waals surface area contributed by atoms with Crippen LogP contribution in [-0.4, -0.2) is 6.04 Å². The highest BCUT2D eigenvalue weighted by molar-refractivity contribution is 5.34. The molecule has 0 amide bonds. The van der Waals surface area contributed by atoms with E-state index in [4.69, 9.17) is 15.7 Å². The van der Waals surface area contributed by atoms with Gasteiger partial charge in [0.15, 0.2) is 0 Å². The number of halogens is 1. The molecule has 0 radical (unpaired) electrons. The highest BCUT2D eigenvalue weighted by Crippen LogP contribution is 2.17. The fourth-order valence-corrected chi connectivity index (χ4v) is 2.10. The van der Waals surface area contributed by atoms with Gasteiger partial charge in [-0.2, -0.15) is 5.26 Å². The Morgan fingerprint density at radius 3 is 2.76 bits per heavy atom. The highest BCUT2D eigenvalue weighted by atomic mass is 19.1. The first-order valence-electron chi connectivity index (χ1n) is 6.73. The van der Waals surface area contributed by atoms with Gasteiger partial charge < -0.3 is 10.5 Å². The molecule has 0 aliphatic heterocycles. The molecule has 0 heterocycles. The number of nitrogens with zero attached hydrogens (tertiary/aromatic N) is 1. The maximum absolute atomic E-state index is 13.3. The Hall–Kier alpha value is -2.38. The number of nitriles is 1. The van der Waals surface area contributed by atoms with Gasteiger partial charge in [-0.15, -0.1) is 0 Å². The van der Waals surface area contributed by atoms with Gasteiger partial charge in [-0.05, 0) is 54.8 Å². The summed E-state index contributed by atoms with van der Waals surface area (Å²) in [7, 11) is 0. The van der Waals surface area contributed by atoms with Crippen LogP contribution in [0.1, 0.15) is 23.6 Å². The molecular formula is C17H17FN2O. The van der Waals surface area contributed by atoms with Crippen LogP contribution in [0.3, 0.4) is 0 Å². The Kier molecular flexibility index (Phi) is 4.91. The van der Waals surface area contributed by atoms with Crippen molar-refractivity contribution in [3.63, 3.8) is 0 Å². The standard InChI is InChI=1S/C17H17FN2O/c1-12(20)5-13-3-2-4-17(9-13)21-11-15-6-14(10-19)7-16(18)8-15/h2-4,6-9,12H,5,11,20H2,1H3. The second-order valence-electron chi connectivity index (χ2n) is 5.08. The molecule has 0 aliphatic carbocycles. The van der Waals surface area contributed by atoms with E-state index >= 15 is 0 Å². The lowest BCUT2D eigenvalue weighted by molar-refractivity contribution is 0.305. The molecule has 0 fully saturated rings. The minimum absolute atomic E-state index is 0.0849. The lowest BCUT2D eigenvalue weighted by Gasteiger charge is -2.10. The quantitative estimate of drug-likeness (QED) is 0.917. The van der Waals surface area contributed by atoms with Crippen LogP contribution in [0.2, 0.25) is 0 Å². The molecule has 1 unspecified atom stereocenters. The van der Waals surface area contributed by atoms with Crippen LogP contribution in [0, 0.1) is 17.1 Å². The molecular weight excluding hydrogens is 267 g/mol. The summed E-state index contributed by atoms with van der Waals surface area (Å²) < 4.78 is 19.0. The Balaban J connectivity index is 2.06. The summed E-state index contributed by atoms with van der Waals surface area (Å²) >= 11 is 0. The monoisotopic (exact) mass is 284 g/mol. The molecule has 0 saturated heterocycles. The SMILES string of the molecule is CC(N)Cc1cccc(OCc2cc(F)cc(C#N)c2)c1. The summed E-state index contributed by atoms with van der Waals surface area (Å²) in [5.74, 6) is 0.272. The molecule has 0 aliphatic rings. The molecule has 2 aromatic carbocycles. The second-order valence-corrected chi connectivity index (χ2v) is 5.08. The molecule has 3 nitrogen and oxygen atoms in total. The summed E-state index contributed by atoms with van der Waals surface area (Å²) in [6.45, 7) is 2.16. The highest BCUT2D eigenvalue weighted by Gasteiger charge is 2.03. The first-order valence-corrected chi connectivity index (χ1v) is 6.73. The van der Waals surface area contributed by atoms with Gasteiger partial charge in [0.25, 0.3) is 0 Å². The Labute approximate surface area is 123 Å². The van der Waals surface area contributed by atoms with E-state index in [1.807, 2.05) is 37.3 Å². The summed E-state index contributed by atoms with van der Waals surface area (Å²) in [6.07, 6.45) is 0.774. The van der Waals surface area contributed by atoms with E-state index in [1.165, 1.54) is 12.1 Å². The molecule has 0 aromatic heterocycles. The maximum atomic E-state index is 13.3. The van der Waals surface area contributed by atoms with Crippen molar-refractivity contribution in [2.24, 2.45) is 5.73 Å². The van der Waals surface area contributed by atoms with Crippen LogP contribution in [0.5, 0.6) is 5.75 Å². The van der Waals surface area contributed by atoms with Crippen molar-refractivity contribution in [2.45, 2.75) is 26.0 Å². The predicted molar refractivity (Wildman–Crippen MR) is 79.2 cm³/mol. The number of nitrogens with two attached hydrogens (primary N) is 1. The van der Waals surface area contributed by atoms with Crippen LogP contribution in [0.4, 0.5) is 4.39 Å². The van der Waals surface area contributed by atoms with Crippen LogP contribution in [0.25, 0.3) is 0 Å². The Bertz CT molecular complexity index is 662. The van der Waals surface area contributed by atoms with Gasteiger partial charge in [-0.1, -0.05) is 12.1 Å². The lowest BCUT2D eigenvalue weighted by atomic mass is 10.1. The average Bonchev–Trinajstić information content (AvgIpc) is 2.44. The van der Waals surface area contributed by atoms with Crippen molar-refractivity contribution in [2.75, 3.05) is 0 Å². The zero-order valence-electron chi connectivity index (χ0n) is 11.8. The first kappa shape index (κ1) is 15.0. The molecule has 0 bridgehead atoms. The van der Waals surface area contributed by atoms with Gasteiger partial charge in [0.1, 0.15) is 18.2 Å². The predicted octanol–water partition coefficient (Wildman–Crippen LogP) is 3.17. The molecule has 0 saturated carbocycles. The zero-order valence-corrected chi connectivity index (χ0v) is 11.8. The normalized spacial score (nSPS) is 11.7. The third kappa shape index (κ3) is 4.59. The van der Waals surface area contributed by atoms with E-state index in [0.717, 1.165) is 12.0 Å². The summed E-state index contributed by atoms with van der Waals surface area (Å²) in [5.41, 5.74) is 7.79. The van der Waals surface area contributed by atoms with Crippen molar-refractivity contribution < 1.29 is 9.13 Å². The van der Waals surface area contributed by atoms with Gasteiger partial charge in [0.05, 0.1) is 11.6 Å². The largest absolute Gasteiger partial charge is 0.489 e. The summed E-state index contributed by atoms with van der Waals surface area (Å²) in [6, 6.07) is 13.9. The van der Waals surface area contributed by atoms with Gasteiger partial charge in [-0.3, -0.25) is 0 Å². The number of hydrogen-bond donors (Lipinski definition) is 1. The molecule has 21 heavy (non-hydrogen) atoms. The lowest BCUT2D eigenvalue weighted by Crippen LogP contribution is -2.17. The van der Waals surface area contributed by atoms with E-state index in [0.29, 0.717) is 16.9 Å². The van der Waals surface area contributed by atoms with Gasteiger partial charge in [0, 0.05) is 6.04 Å². The number of hydrogen-bond acceptors (Lipinski definition) is 3. The maximum Gasteiger partial charge on any atom is 0.124 e. The second kappa shape index (κ2) is 6.87. The van der Waals surface area contributed by atoms with Gasteiger partial charge >= 0.3 is 0 Å². The van der Waals surface area contributed by atoms with Crippen LogP contribution in [0.15, 0.2) is 42.5 Å². The molecule has 108 valence electrons. The molecule has 1 atom stereocenters. The number of rotatable bonds is 5. The van der Waals surface area contributed by atoms with Crippen LogP contribution in [-0.2, 0) is 13.0 Å². The third-order valence-electron chi connectivity index (χ3n) is 2.95. The fraction of sp³-hybridized carbons (Fsp3) is 0.235. The van der Waals surface area contributed by atoms with E-state index < -0.39 is 5.82 Å². The molecule has 2 aromatic rings. The zero-order chi connectivity index (χ0) is 15.2. The van der Waals surface area contributed by atoms with E-state index in [-0.39, 0.29) is 12.6 Å². The number of ether oxygens (including phenoxy) is 1. The molecule has 4 heteroatoms. The molecule has 2 rings (SSSR count). The molecule has 0 spiro atoms. The van der Waals surface area contributed by atoms with E-state index in [2.05, 4.69) is 0 Å². The minimum atomic E-state index is -0.432. The Morgan fingerprint density at radius 1 is 1.24 bits per heavy atom. The van der Waals surface area contributed by atoms with Gasteiger partial charge in [0.2, 0.25) is 0 Å². The average molecular weight is 284 g/mol. The van der Waals surface area contributed by atoms with Crippen molar-refractivity contribution in [1.82, 2.24) is 0 Å². The van der Waals surface area contributed by atoms with Crippen LogP contribution >= 0.6 is 0 Å². The summed E-state index contributed by atoms with van der Waals surface area (Å²) in [4.78, 5) is 0.